The summed E-state index contributed by atoms with van der Waals surface area (Å²) in [4.78, 5) is 0. The molecule has 1 heteroatoms. The summed E-state index contributed by atoms with van der Waals surface area (Å²) < 4.78 is 11.8. The van der Waals surface area contributed by atoms with Gasteiger partial charge >= 0.3 is 0 Å². The maximum Gasteiger partial charge on any atom is 0.0931 e. The Morgan fingerprint density at radius 3 is 2.00 bits per heavy atom. The van der Waals surface area contributed by atoms with Gasteiger partial charge in [0.25, 0.3) is 0 Å². The molecule has 46 valence electrons. The van der Waals surface area contributed by atoms with E-state index in [1.54, 1.807) is 0 Å². The molecule has 0 aliphatic heterocycles. The van der Waals surface area contributed by atoms with E-state index in [1.165, 1.54) is 0 Å². The average Bonchev–Trinajstić information content (AvgIpc) is 1.61. The van der Waals surface area contributed by atoms with Crippen molar-refractivity contribution in [3.8, 4) is 0 Å². The fourth-order valence-corrected chi connectivity index (χ4v) is 0.349. The van der Waals surface area contributed by atoms with Crippen LogP contribution in [0, 0.1) is 0 Å². The van der Waals surface area contributed by atoms with Gasteiger partial charge in [0.2, 0.25) is 0 Å². The minimum Gasteiger partial charge on any atom is -0.212 e. The highest BCUT2D eigenvalue weighted by molar-refractivity contribution is 4.93. The maximum absolute atomic E-state index is 11.8. The van der Waals surface area contributed by atoms with Crippen molar-refractivity contribution in [2.45, 2.75) is 19.8 Å². The smallest absolute Gasteiger partial charge is 0.0931 e. The van der Waals surface area contributed by atoms with Gasteiger partial charge in [-0.1, -0.05) is 12.2 Å². The first-order valence-electron chi connectivity index (χ1n) is 2.60. The molecule has 0 aromatic carbocycles. The second kappa shape index (κ2) is 3.42. The van der Waals surface area contributed by atoms with E-state index < -0.39 is 0 Å². The van der Waals surface area contributed by atoms with Crippen LogP contribution in [0.3, 0.4) is 0 Å². The van der Waals surface area contributed by atoms with Gasteiger partial charge in [-0.25, -0.2) is 4.39 Å². The molecule has 0 saturated heterocycles. The van der Waals surface area contributed by atoms with Gasteiger partial charge in [0, 0.05) is 6.42 Å². The third-order valence-electron chi connectivity index (χ3n) is 0.823. The summed E-state index contributed by atoms with van der Waals surface area (Å²) >= 11 is 0. The van der Waals surface area contributed by atoms with E-state index in [9.17, 15) is 4.39 Å². The first kappa shape index (κ1) is 7.41. The molecule has 0 N–H and O–H groups in total. The van der Waals surface area contributed by atoms with Crippen molar-refractivity contribution in [2.75, 3.05) is 0 Å². The van der Waals surface area contributed by atoms with Crippen LogP contribution in [-0.2, 0) is 0 Å². The van der Waals surface area contributed by atoms with Gasteiger partial charge in [-0.2, -0.15) is 0 Å². The highest BCUT2D eigenvalue weighted by Crippen LogP contribution is 2.07. The van der Waals surface area contributed by atoms with Gasteiger partial charge in [0.15, 0.2) is 0 Å². The Balaban J connectivity index is 3.18. The van der Waals surface area contributed by atoms with Crippen LogP contribution >= 0.6 is 0 Å². The van der Waals surface area contributed by atoms with Gasteiger partial charge in [-0.3, -0.25) is 0 Å². The molecule has 0 aromatic rings. The quantitative estimate of drug-likeness (QED) is 0.495. The van der Waals surface area contributed by atoms with Crippen molar-refractivity contribution in [1.82, 2.24) is 0 Å². The lowest BCUT2D eigenvalue weighted by atomic mass is 10.2. The van der Waals surface area contributed by atoms with Crippen molar-refractivity contribution >= 4 is 0 Å². The van der Waals surface area contributed by atoms with Crippen molar-refractivity contribution < 1.29 is 4.39 Å². The Bertz CT molecular complexity index is 89.0. The predicted octanol–water partition coefficient (Wildman–Crippen LogP) is 2.83. The van der Waals surface area contributed by atoms with Crippen LogP contribution in [0.1, 0.15) is 19.8 Å². The summed E-state index contributed by atoms with van der Waals surface area (Å²) in [5, 5.41) is 0. The van der Waals surface area contributed by atoms with Crippen LogP contribution in [0.4, 0.5) is 4.39 Å². The normalized spacial score (nSPS) is 8.75. The molecule has 0 saturated carbocycles. The maximum atomic E-state index is 11.8. The second-order valence-corrected chi connectivity index (χ2v) is 1.97. The van der Waals surface area contributed by atoms with Crippen molar-refractivity contribution in [1.29, 1.82) is 0 Å². The molecule has 8 heavy (non-hydrogen) atoms. The number of hydrogen-bond donors (Lipinski definition) is 0. The van der Waals surface area contributed by atoms with E-state index in [1.807, 2.05) is 6.92 Å². The van der Waals surface area contributed by atoms with Crippen LogP contribution in [0.25, 0.3) is 0 Å². The Labute approximate surface area is 49.7 Å². The van der Waals surface area contributed by atoms with E-state index in [0.717, 1.165) is 12.0 Å². The molecule has 0 aliphatic rings. The van der Waals surface area contributed by atoms with Crippen molar-refractivity contribution in [3.63, 3.8) is 0 Å². The Kier molecular flexibility index (Phi) is 3.16. The third-order valence-corrected chi connectivity index (χ3v) is 0.823. The van der Waals surface area contributed by atoms with E-state index in [2.05, 4.69) is 13.2 Å². The summed E-state index contributed by atoms with van der Waals surface area (Å²) in [6, 6.07) is 0. The van der Waals surface area contributed by atoms with Crippen LogP contribution in [0.2, 0.25) is 0 Å². The molecule has 0 fully saturated rings. The molecule has 0 unspecified atom stereocenters. The Hall–Kier alpha value is -0.590. The summed E-state index contributed by atoms with van der Waals surface area (Å²) in [6.45, 7) is 8.62. The molecular weight excluding hydrogens is 103 g/mol. The predicted molar refractivity (Wildman–Crippen MR) is 34.3 cm³/mol. The molecule has 0 nitrogen and oxygen atoms in total. The third kappa shape index (κ3) is 5.41. The van der Waals surface area contributed by atoms with Gasteiger partial charge in [0.1, 0.15) is 0 Å². The van der Waals surface area contributed by atoms with E-state index in [4.69, 9.17) is 0 Å². The number of rotatable bonds is 3. The fourth-order valence-electron chi connectivity index (χ4n) is 0.349. The van der Waals surface area contributed by atoms with Gasteiger partial charge in [0.05, 0.1) is 5.83 Å². The summed E-state index contributed by atoms with van der Waals surface area (Å²) in [5.41, 5.74) is 1.00. The monoisotopic (exact) mass is 114 g/mol. The zero-order valence-electron chi connectivity index (χ0n) is 5.21. The highest BCUT2D eigenvalue weighted by atomic mass is 19.1. The molecule has 0 heterocycles. The fraction of sp³-hybridized carbons (Fsp3) is 0.429. The SMILES string of the molecule is C=C(C)CCC(=C)F. The first-order chi connectivity index (χ1) is 3.63. The summed E-state index contributed by atoms with van der Waals surface area (Å²) in [7, 11) is 0. The molecule has 0 amide bonds. The van der Waals surface area contributed by atoms with E-state index >= 15 is 0 Å². The van der Waals surface area contributed by atoms with Crippen LogP contribution in [0.5, 0.6) is 0 Å². The van der Waals surface area contributed by atoms with Crippen molar-refractivity contribution in [3.05, 3.63) is 24.6 Å². The average molecular weight is 114 g/mol. The van der Waals surface area contributed by atoms with E-state index in [-0.39, 0.29) is 5.83 Å². The minimum absolute atomic E-state index is 0.256. The molecule has 0 radical (unpaired) electrons. The topological polar surface area (TPSA) is 0 Å². The first-order valence-corrected chi connectivity index (χ1v) is 2.60. The zero-order chi connectivity index (χ0) is 6.57. The van der Waals surface area contributed by atoms with Crippen LogP contribution in [-0.4, -0.2) is 0 Å². The number of allylic oxidation sites excluding steroid dienone is 2. The molecule has 0 spiro atoms. The van der Waals surface area contributed by atoms with Crippen molar-refractivity contribution in [2.24, 2.45) is 0 Å². The lowest BCUT2D eigenvalue weighted by Crippen LogP contribution is -1.74. The molecule has 0 aliphatic carbocycles. The molecule has 0 atom stereocenters. The molecular formula is C7H11F. The summed E-state index contributed by atoms with van der Waals surface area (Å²) in [5.74, 6) is -0.256. The Morgan fingerprint density at radius 1 is 1.38 bits per heavy atom. The zero-order valence-corrected chi connectivity index (χ0v) is 5.21. The molecule has 0 bridgehead atoms. The molecule has 0 aromatic heterocycles. The highest BCUT2D eigenvalue weighted by Gasteiger charge is 1.89. The summed E-state index contributed by atoms with van der Waals surface area (Å²) in [6.07, 6.45) is 1.14. The lowest BCUT2D eigenvalue weighted by Gasteiger charge is -1.92. The van der Waals surface area contributed by atoms with Gasteiger partial charge in [-0.15, -0.1) is 6.58 Å². The lowest BCUT2D eigenvalue weighted by molar-refractivity contribution is 0.592. The number of hydrogen-bond acceptors (Lipinski definition) is 0. The Morgan fingerprint density at radius 2 is 1.88 bits per heavy atom. The van der Waals surface area contributed by atoms with Crippen LogP contribution < -0.4 is 0 Å². The second-order valence-electron chi connectivity index (χ2n) is 1.97. The van der Waals surface area contributed by atoms with Gasteiger partial charge in [-0.05, 0) is 13.3 Å². The number of halogens is 1. The van der Waals surface area contributed by atoms with E-state index in [0.29, 0.717) is 6.42 Å². The molecule has 0 rings (SSSR count). The van der Waals surface area contributed by atoms with Crippen LogP contribution in [0.15, 0.2) is 24.6 Å². The largest absolute Gasteiger partial charge is 0.212 e. The minimum atomic E-state index is -0.256. The standard InChI is InChI=1S/C7H11F/c1-6(2)4-5-7(3)8/h1,3-5H2,2H3. The van der Waals surface area contributed by atoms with Gasteiger partial charge < -0.3 is 0 Å².